The third-order valence-corrected chi connectivity index (χ3v) is 2.84. The topological polar surface area (TPSA) is 16.1 Å². The Labute approximate surface area is 107 Å². The largest absolute Gasteiger partial charge is 0.389 e. The van der Waals surface area contributed by atoms with Crippen molar-refractivity contribution in [2.24, 2.45) is 0 Å². The molecular weight excluding hydrogens is 219 g/mol. The molecule has 0 amide bonds. The van der Waals surface area contributed by atoms with Gasteiger partial charge in [0.2, 0.25) is 0 Å². The van der Waals surface area contributed by atoms with Crippen LogP contribution in [0.15, 0.2) is 72.5 Å². The Kier molecular flexibility index (Phi) is 2.85. The van der Waals surface area contributed by atoms with Crippen molar-refractivity contribution < 1.29 is 0 Å². The third kappa shape index (κ3) is 2.14. The van der Waals surface area contributed by atoms with Gasteiger partial charge in [-0.1, -0.05) is 30.1 Å². The zero-order valence-electron chi connectivity index (χ0n) is 9.82. The zero-order chi connectivity index (χ0) is 12.2. The highest BCUT2D eigenvalue weighted by Gasteiger charge is 2.23. The second-order valence-corrected chi connectivity index (χ2v) is 4.05. The van der Waals surface area contributed by atoms with Crippen molar-refractivity contribution in [1.29, 1.82) is 0 Å². The first kappa shape index (κ1) is 10.7. The minimum Gasteiger partial charge on any atom is -0.389 e. The minimum atomic E-state index is 0.219. The van der Waals surface area contributed by atoms with E-state index in [-0.39, 0.29) is 6.85 Å². The summed E-state index contributed by atoms with van der Waals surface area (Å²) in [6.45, 7) is 0.219. The van der Waals surface area contributed by atoms with Crippen molar-refractivity contribution >= 4 is 6.85 Å². The maximum atomic E-state index is 4.20. The Morgan fingerprint density at radius 1 is 1.06 bits per heavy atom. The summed E-state index contributed by atoms with van der Waals surface area (Å²) in [5, 5.41) is 0. The number of pyridine rings is 1. The van der Waals surface area contributed by atoms with Crippen LogP contribution in [0.1, 0.15) is 5.69 Å². The highest BCUT2D eigenvalue weighted by molar-refractivity contribution is 6.71. The molecule has 2 nitrogen and oxygen atoms in total. The SMILES string of the molecule is C(#Cc1ccccn1)C1=CC=CN2C=CC=CB12. The van der Waals surface area contributed by atoms with Crippen LogP contribution in [-0.4, -0.2) is 16.6 Å². The minimum absolute atomic E-state index is 0.219. The van der Waals surface area contributed by atoms with Gasteiger partial charge in [-0.15, -0.1) is 0 Å². The van der Waals surface area contributed by atoms with Crippen molar-refractivity contribution in [3.05, 3.63) is 78.2 Å². The average Bonchev–Trinajstić information content (AvgIpc) is 2.46. The standard InChI is InChI=1S/C15H11BN2/c1-3-11-17-15(7-1)9-8-14-6-5-13-18-12-4-2-10-16(14)18/h1-7,10-13H. The van der Waals surface area contributed by atoms with E-state index in [0.29, 0.717) is 0 Å². The number of fused-ring (bicyclic) bond motifs is 1. The molecule has 3 heteroatoms. The molecule has 0 spiro atoms. The summed E-state index contributed by atoms with van der Waals surface area (Å²) >= 11 is 0. The van der Waals surface area contributed by atoms with E-state index in [1.54, 1.807) is 6.20 Å². The van der Waals surface area contributed by atoms with Crippen molar-refractivity contribution in [1.82, 2.24) is 9.79 Å². The predicted molar refractivity (Wildman–Crippen MR) is 74.2 cm³/mol. The molecule has 84 valence electrons. The quantitative estimate of drug-likeness (QED) is 0.502. The fourth-order valence-corrected chi connectivity index (χ4v) is 1.95. The Hall–Kier alpha value is -2.47. The van der Waals surface area contributed by atoms with E-state index in [1.807, 2.05) is 30.4 Å². The van der Waals surface area contributed by atoms with Gasteiger partial charge in [-0.05, 0) is 48.1 Å². The number of aromatic nitrogens is 1. The molecule has 0 radical (unpaired) electrons. The summed E-state index contributed by atoms with van der Waals surface area (Å²) < 4.78 is 0. The van der Waals surface area contributed by atoms with E-state index in [9.17, 15) is 0 Å². The van der Waals surface area contributed by atoms with Crippen LogP contribution >= 0.6 is 0 Å². The molecule has 0 N–H and O–H groups in total. The first-order valence-corrected chi connectivity index (χ1v) is 5.87. The number of hydrogen-bond donors (Lipinski definition) is 0. The molecule has 2 aliphatic rings. The number of rotatable bonds is 0. The Morgan fingerprint density at radius 3 is 2.89 bits per heavy atom. The smallest absolute Gasteiger partial charge is 0.328 e. The fourth-order valence-electron chi connectivity index (χ4n) is 1.95. The summed E-state index contributed by atoms with van der Waals surface area (Å²) in [7, 11) is 0. The van der Waals surface area contributed by atoms with Crippen LogP contribution in [0, 0.1) is 11.8 Å². The van der Waals surface area contributed by atoms with Gasteiger partial charge in [-0.3, -0.25) is 0 Å². The van der Waals surface area contributed by atoms with Crippen molar-refractivity contribution in [2.45, 2.75) is 0 Å². The Morgan fingerprint density at radius 2 is 2.00 bits per heavy atom. The van der Waals surface area contributed by atoms with Gasteiger partial charge in [0.1, 0.15) is 5.69 Å². The molecule has 0 fully saturated rings. The molecule has 0 saturated carbocycles. The van der Waals surface area contributed by atoms with E-state index >= 15 is 0 Å². The number of allylic oxidation sites excluding steroid dienone is 5. The lowest BCUT2D eigenvalue weighted by Gasteiger charge is -2.26. The average molecular weight is 230 g/mol. The van der Waals surface area contributed by atoms with E-state index in [0.717, 1.165) is 11.2 Å². The second-order valence-electron chi connectivity index (χ2n) is 4.05. The number of hydrogen-bond acceptors (Lipinski definition) is 2. The molecule has 0 saturated heterocycles. The molecule has 3 heterocycles. The molecule has 18 heavy (non-hydrogen) atoms. The Bertz CT molecular complexity index is 615. The molecule has 3 rings (SSSR count). The van der Waals surface area contributed by atoms with Gasteiger partial charge >= 0.3 is 6.85 Å². The first-order chi connectivity index (χ1) is 8.93. The third-order valence-electron chi connectivity index (χ3n) is 2.84. The van der Waals surface area contributed by atoms with Crippen LogP contribution in [0.5, 0.6) is 0 Å². The molecule has 0 atom stereocenters. The zero-order valence-corrected chi connectivity index (χ0v) is 9.82. The van der Waals surface area contributed by atoms with Crippen LogP contribution in [0.4, 0.5) is 0 Å². The van der Waals surface area contributed by atoms with Gasteiger partial charge in [0, 0.05) is 6.20 Å². The molecule has 2 aliphatic heterocycles. The maximum Gasteiger partial charge on any atom is 0.328 e. The molecule has 0 aliphatic carbocycles. The molecular formula is C15H11BN2. The lowest BCUT2D eigenvalue weighted by Crippen LogP contribution is -2.34. The summed E-state index contributed by atoms with van der Waals surface area (Å²) in [5.74, 6) is 8.45. The monoisotopic (exact) mass is 230 g/mol. The maximum absolute atomic E-state index is 4.20. The van der Waals surface area contributed by atoms with Crippen LogP contribution in [0.2, 0.25) is 0 Å². The van der Waals surface area contributed by atoms with Gasteiger partial charge in [-0.25, -0.2) is 4.98 Å². The molecule has 1 aromatic rings. The summed E-state index contributed by atoms with van der Waals surface area (Å²) in [5.41, 5.74) is 1.89. The van der Waals surface area contributed by atoms with E-state index < -0.39 is 0 Å². The molecule has 0 aromatic carbocycles. The van der Waals surface area contributed by atoms with Gasteiger partial charge < -0.3 is 4.81 Å². The van der Waals surface area contributed by atoms with Crippen molar-refractivity contribution in [3.8, 4) is 11.8 Å². The van der Waals surface area contributed by atoms with Crippen LogP contribution in [0.25, 0.3) is 0 Å². The van der Waals surface area contributed by atoms with Gasteiger partial charge in [-0.2, -0.15) is 0 Å². The normalized spacial score (nSPS) is 15.9. The summed E-state index contributed by atoms with van der Waals surface area (Å²) in [6, 6.07) is 5.76. The molecule has 1 aromatic heterocycles. The van der Waals surface area contributed by atoms with Crippen LogP contribution in [0.3, 0.4) is 0 Å². The fraction of sp³-hybridized carbons (Fsp3) is 0. The predicted octanol–water partition coefficient (Wildman–Crippen LogP) is 2.34. The van der Waals surface area contributed by atoms with E-state index in [1.165, 1.54) is 0 Å². The van der Waals surface area contributed by atoms with E-state index in [4.69, 9.17) is 0 Å². The molecule has 0 bridgehead atoms. The number of nitrogens with zero attached hydrogens (tertiary/aromatic N) is 2. The van der Waals surface area contributed by atoms with Gasteiger partial charge in [0.25, 0.3) is 0 Å². The van der Waals surface area contributed by atoms with Crippen LogP contribution in [-0.2, 0) is 0 Å². The summed E-state index contributed by atoms with van der Waals surface area (Å²) in [4.78, 5) is 6.34. The van der Waals surface area contributed by atoms with Crippen molar-refractivity contribution in [2.75, 3.05) is 0 Å². The Balaban J connectivity index is 1.87. The van der Waals surface area contributed by atoms with Gasteiger partial charge in [0.15, 0.2) is 0 Å². The lowest BCUT2D eigenvalue weighted by atomic mass is 9.52. The van der Waals surface area contributed by atoms with Gasteiger partial charge in [0.05, 0.1) is 0 Å². The summed E-state index contributed by atoms with van der Waals surface area (Å²) in [6.07, 6.45) is 14.0. The molecule has 0 unspecified atom stereocenters. The van der Waals surface area contributed by atoms with E-state index in [2.05, 4.69) is 52.2 Å². The van der Waals surface area contributed by atoms with Crippen molar-refractivity contribution in [3.63, 3.8) is 0 Å². The van der Waals surface area contributed by atoms with Crippen LogP contribution < -0.4 is 0 Å². The highest BCUT2D eigenvalue weighted by Crippen LogP contribution is 2.17. The highest BCUT2D eigenvalue weighted by atomic mass is 15.0. The second kappa shape index (κ2) is 4.81. The lowest BCUT2D eigenvalue weighted by molar-refractivity contribution is 0.787. The first-order valence-electron chi connectivity index (χ1n) is 5.87.